The molecule has 0 bridgehead atoms. The SMILES string of the molecule is Cc1nc(C(=N)c2ccccc2N)sc1-c1cccc(O)c1. The van der Waals surface area contributed by atoms with Crippen LogP contribution in [-0.2, 0) is 0 Å². The van der Waals surface area contributed by atoms with E-state index in [0.29, 0.717) is 22.0 Å². The van der Waals surface area contributed by atoms with Crippen molar-refractivity contribution in [1.82, 2.24) is 4.98 Å². The summed E-state index contributed by atoms with van der Waals surface area (Å²) in [6.45, 7) is 1.90. The first-order valence-electron chi connectivity index (χ1n) is 6.77. The Morgan fingerprint density at radius 2 is 1.95 bits per heavy atom. The van der Waals surface area contributed by atoms with Crippen LogP contribution in [0.15, 0.2) is 48.5 Å². The van der Waals surface area contributed by atoms with Gasteiger partial charge in [0, 0.05) is 11.3 Å². The van der Waals surface area contributed by atoms with E-state index in [0.717, 1.165) is 16.1 Å². The molecule has 0 aliphatic heterocycles. The molecule has 0 unspecified atom stereocenters. The van der Waals surface area contributed by atoms with E-state index in [9.17, 15) is 5.11 Å². The summed E-state index contributed by atoms with van der Waals surface area (Å²) >= 11 is 1.43. The van der Waals surface area contributed by atoms with Gasteiger partial charge in [0.25, 0.3) is 0 Å². The van der Waals surface area contributed by atoms with Crippen molar-refractivity contribution >= 4 is 22.7 Å². The van der Waals surface area contributed by atoms with Gasteiger partial charge in [-0.1, -0.05) is 30.3 Å². The third-order valence-corrected chi connectivity index (χ3v) is 4.57. The molecular weight excluding hydrogens is 294 g/mol. The van der Waals surface area contributed by atoms with E-state index >= 15 is 0 Å². The van der Waals surface area contributed by atoms with Crippen LogP contribution in [0.1, 0.15) is 16.3 Å². The van der Waals surface area contributed by atoms with Gasteiger partial charge >= 0.3 is 0 Å². The highest BCUT2D eigenvalue weighted by Gasteiger charge is 2.16. The Hall–Kier alpha value is -2.66. The molecule has 0 aliphatic carbocycles. The average Bonchev–Trinajstić information content (AvgIpc) is 2.89. The number of phenolic OH excluding ortho intramolecular Hbond substituents is 1. The fourth-order valence-electron chi connectivity index (χ4n) is 2.26. The second-order valence-electron chi connectivity index (χ2n) is 4.95. The van der Waals surface area contributed by atoms with Crippen LogP contribution < -0.4 is 5.73 Å². The molecule has 0 amide bonds. The number of benzene rings is 2. The number of nitrogen functional groups attached to an aromatic ring is 1. The minimum Gasteiger partial charge on any atom is -0.508 e. The number of aromatic nitrogens is 1. The number of nitrogens with zero attached hydrogens (tertiary/aromatic N) is 1. The summed E-state index contributed by atoms with van der Waals surface area (Å²) < 4.78 is 0. The van der Waals surface area contributed by atoms with E-state index in [1.165, 1.54) is 11.3 Å². The number of hydrogen-bond donors (Lipinski definition) is 3. The number of aryl methyl sites for hydroxylation is 1. The molecule has 2 aromatic carbocycles. The van der Waals surface area contributed by atoms with Gasteiger partial charge in [-0.25, -0.2) is 4.98 Å². The second kappa shape index (κ2) is 5.61. The van der Waals surface area contributed by atoms with Gasteiger partial charge in [-0.15, -0.1) is 11.3 Å². The van der Waals surface area contributed by atoms with Gasteiger partial charge in [-0.2, -0.15) is 0 Å². The lowest BCUT2D eigenvalue weighted by Crippen LogP contribution is -2.04. The molecule has 5 heteroatoms. The number of aromatic hydroxyl groups is 1. The summed E-state index contributed by atoms with van der Waals surface area (Å²) in [5.41, 5.74) is 9.24. The molecule has 22 heavy (non-hydrogen) atoms. The van der Waals surface area contributed by atoms with E-state index in [4.69, 9.17) is 11.1 Å². The van der Waals surface area contributed by atoms with Crippen molar-refractivity contribution < 1.29 is 5.11 Å². The number of thiazole rings is 1. The monoisotopic (exact) mass is 309 g/mol. The van der Waals surface area contributed by atoms with E-state index < -0.39 is 0 Å². The van der Waals surface area contributed by atoms with Crippen LogP contribution in [0.25, 0.3) is 10.4 Å². The van der Waals surface area contributed by atoms with E-state index in [2.05, 4.69) is 4.98 Å². The van der Waals surface area contributed by atoms with Gasteiger partial charge in [0.2, 0.25) is 0 Å². The van der Waals surface area contributed by atoms with Crippen LogP contribution in [0.3, 0.4) is 0 Å². The fraction of sp³-hybridized carbons (Fsp3) is 0.0588. The molecule has 1 heterocycles. The zero-order chi connectivity index (χ0) is 15.7. The summed E-state index contributed by atoms with van der Waals surface area (Å²) in [4.78, 5) is 5.44. The van der Waals surface area contributed by atoms with Crippen molar-refractivity contribution in [3.05, 3.63) is 64.8 Å². The van der Waals surface area contributed by atoms with Crippen LogP contribution in [0, 0.1) is 12.3 Å². The van der Waals surface area contributed by atoms with E-state index in [1.807, 2.05) is 31.2 Å². The van der Waals surface area contributed by atoms with E-state index in [-0.39, 0.29) is 5.75 Å². The number of nitrogens with two attached hydrogens (primary N) is 1. The number of nitrogens with one attached hydrogen (secondary N) is 1. The molecule has 1 aromatic heterocycles. The topological polar surface area (TPSA) is 83.0 Å². The van der Waals surface area contributed by atoms with Gasteiger partial charge in [0.1, 0.15) is 10.8 Å². The van der Waals surface area contributed by atoms with Gasteiger partial charge in [-0.3, -0.25) is 5.41 Å². The maximum Gasteiger partial charge on any atom is 0.142 e. The van der Waals surface area contributed by atoms with Crippen molar-refractivity contribution in [2.24, 2.45) is 0 Å². The molecule has 4 nitrogen and oxygen atoms in total. The van der Waals surface area contributed by atoms with Crippen LogP contribution in [0.5, 0.6) is 5.75 Å². The van der Waals surface area contributed by atoms with Gasteiger partial charge in [-0.05, 0) is 30.7 Å². The highest BCUT2D eigenvalue weighted by Crippen LogP contribution is 2.33. The molecule has 0 aliphatic rings. The summed E-state index contributed by atoms with van der Waals surface area (Å²) in [6.07, 6.45) is 0. The molecule has 110 valence electrons. The Bertz CT molecular complexity index is 855. The standard InChI is InChI=1S/C17H15N3OS/c1-10-16(11-5-4-6-12(21)9-11)22-17(20-10)15(19)13-7-2-3-8-14(13)18/h2-9,19,21H,18H2,1H3. The van der Waals surface area contributed by atoms with Crippen molar-refractivity contribution in [1.29, 1.82) is 5.41 Å². The summed E-state index contributed by atoms with van der Waals surface area (Å²) in [5.74, 6) is 0.217. The smallest absolute Gasteiger partial charge is 0.142 e. The number of phenols is 1. The molecule has 3 aromatic rings. The minimum absolute atomic E-state index is 0.217. The third-order valence-electron chi connectivity index (χ3n) is 3.35. The summed E-state index contributed by atoms with van der Waals surface area (Å²) in [5, 5.41) is 18.6. The maximum atomic E-state index is 9.62. The molecular formula is C17H15N3OS. The van der Waals surface area contributed by atoms with Crippen molar-refractivity contribution in [3.63, 3.8) is 0 Å². The fourth-order valence-corrected chi connectivity index (χ4v) is 3.28. The maximum absolute atomic E-state index is 9.62. The van der Waals surface area contributed by atoms with Crippen LogP contribution in [0.2, 0.25) is 0 Å². The average molecular weight is 309 g/mol. The number of hydrogen-bond acceptors (Lipinski definition) is 5. The van der Waals surface area contributed by atoms with E-state index in [1.54, 1.807) is 24.3 Å². The highest BCUT2D eigenvalue weighted by molar-refractivity contribution is 7.17. The quantitative estimate of drug-likeness (QED) is 0.508. The zero-order valence-electron chi connectivity index (χ0n) is 12.0. The first-order chi connectivity index (χ1) is 10.6. The molecule has 3 rings (SSSR count). The Kier molecular flexibility index (Phi) is 3.65. The minimum atomic E-state index is 0.217. The van der Waals surface area contributed by atoms with Gasteiger partial charge in [0.05, 0.1) is 16.3 Å². The number of rotatable bonds is 3. The zero-order valence-corrected chi connectivity index (χ0v) is 12.8. The molecule has 0 saturated carbocycles. The van der Waals surface area contributed by atoms with Crippen LogP contribution in [0.4, 0.5) is 5.69 Å². The Morgan fingerprint density at radius 3 is 2.68 bits per heavy atom. The third kappa shape index (κ3) is 2.58. The number of anilines is 1. The number of para-hydroxylation sites is 1. The molecule has 0 radical (unpaired) electrons. The summed E-state index contributed by atoms with van der Waals surface area (Å²) in [7, 11) is 0. The van der Waals surface area contributed by atoms with Gasteiger partial charge < -0.3 is 10.8 Å². The molecule has 0 spiro atoms. The molecule has 4 N–H and O–H groups in total. The van der Waals surface area contributed by atoms with Crippen molar-refractivity contribution in [2.45, 2.75) is 6.92 Å². The van der Waals surface area contributed by atoms with Gasteiger partial charge in [0.15, 0.2) is 0 Å². The summed E-state index contributed by atoms with van der Waals surface area (Å²) in [6, 6.07) is 14.4. The largest absolute Gasteiger partial charge is 0.508 e. The molecule has 0 saturated heterocycles. The predicted molar refractivity (Wildman–Crippen MR) is 90.7 cm³/mol. The Balaban J connectivity index is 2.03. The lowest BCUT2D eigenvalue weighted by molar-refractivity contribution is 0.475. The van der Waals surface area contributed by atoms with Crippen molar-refractivity contribution in [3.8, 4) is 16.2 Å². The molecule has 0 atom stereocenters. The lowest BCUT2D eigenvalue weighted by Gasteiger charge is -2.03. The second-order valence-corrected chi connectivity index (χ2v) is 5.95. The van der Waals surface area contributed by atoms with Crippen LogP contribution in [-0.4, -0.2) is 15.8 Å². The Labute approximate surface area is 132 Å². The highest BCUT2D eigenvalue weighted by atomic mass is 32.1. The normalized spacial score (nSPS) is 10.6. The Morgan fingerprint density at radius 1 is 1.18 bits per heavy atom. The van der Waals surface area contributed by atoms with Crippen LogP contribution >= 0.6 is 11.3 Å². The first-order valence-corrected chi connectivity index (χ1v) is 7.58. The predicted octanol–water partition coefficient (Wildman–Crippen LogP) is 3.82. The first kappa shape index (κ1) is 14.3. The van der Waals surface area contributed by atoms with Crippen molar-refractivity contribution in [2.75, 3.05) is 5.73 Å². The lowest BCUT2D eigenvalue weighted by atomic mass is 10.1. The molecule has 0 fully saturated rings.